The number of hydrogen-bond donors (Lipinski definition) is 3. The van der Waals surface area contributed by atoms with Gasteiger partial charge in [-0.25, -0.2) is 0 Å². The average molecular weight is 416 g/mol. The molecule has 0 spiro atoms. The zero-order valence-corrected chi connectivity index (χ0v) is 16.3. The molecule has 0 aliphatic carbocycles. The molecule has 1 aliphatic rings. The van der Waals surface area contributed by atoms with Crippen molar-refractivity contribution in [2.75, 3.05) is 29.6 Å². The van der Waals surface area contributed by atoms with Gasteiger partial charge in [-0.05, 0) is 36.4 Å². The summed E-state index contributed by atoms with van der Waals surface area (Å²) >= 11 is 1.36. The summed E-state index contributed by atoms with van der Waals surface area (Å²) in [6.45, 7) is 0.996. The van der Waals surface area contributed by atoms with Crippen LogP contribution in [-0.4, -0.2) is 41.9 Å². The summed E-state index contributed by atoms with van der Waals surface area (Å²) in [5, 5.41) is 14.0. The Bertz CT molecular complexity index is 900. The first-order chi connectivity index (χ1) is 14.0. The average Bonchev–Trinajstić information content (AvgIpc) is 2.72. The lowest BCUT2D eigenvalue weighted by Gasteiger charge is -2.19. The van der Waals surface area contributed by atoms with Crippen molar-refractivity contribution < 1.29 is 29.0 Å². The minimum Gasteiger partial charge on any atom is -0.486 e. The van der Waals surface area contributed by atoms with Crippen LogP contribution < -0.4 is 20.1 Å². The normalized spacial score (nSPS) is 12.1. The molecule has 3 N–H and O–H groups in total. The molecule has 152 valence electrons. The molecule has 3 rings (SSSR count). The third kappa shape index (κ3) is 6.42. The molecule has 8 nitrogen and oxygen atoms in total. The Balaban J connectivity index is 1.45. The molecule has 0 unspecified atom stereocenters. The second-order valence-corrected chi connectivity index (χ2v) is 7.21. The van der Waals surface area contributed by atoms with Crippen LogP contribution in [0.15, 0.2) is 47.4 Å². The highest BCUT2D eigenvalue weighted by Crippen LogP contribution is 2.32. The van der Waals surface area contributed by atoms with Crippen molar-refractivity contribution >= 4 is 40.9 Å². The van der Waals surface area contributed by atoms with E-state index in [4.69, 9.17) is 14.6 Å². The van der Waals surface area contributed by atoms with Crippen LogP contribution in [0.5, 0.6) is 11.5 Å². The van der Waals surface area contributed by atoms with E-state index in [1.54, 1.807) is 42.5 Å². The zero-order valence-electron chi connectivity index (χ0n) is 15.5. The van der Waals surface area contributed by atoms with Crippen molar-refractivity contribution in [3.8, 4) is 11.5 Å². The van der Waals surface area contributed by atoms with Crippen molar-refractivity contribution in [3.05, 3.63) is 42.5 Å². The van der Waals surface area contributed by atoms with E-state index < -0.39 is 5.97 Å². The molecule has 2 amide bonds. The second-order valence-electron chi connectivity index (χ2n) is 6.16. The van der Waals surface area contributed by atoms with E-state index in [9.17, 15) is 14.4 Å². The number of anilines is 2. The number of ether oxygens (including phenoxy) is 2. The van der Waals surface area contributed by atoms with Gasteiger partial charge in [-0.15, -0.1) is 11.8 Å². The Hall–Kier alpha value is -3.20. The van der Waals surface area contributed by atoms with Gasteiger partial charge in [-0.1, -0.05) is 0 Å². The molecule has 0 fully saturated rings. The van der Waals surface area contributed by atoms with Gasteiger partial charge in [0.1, 0.15) is 13.2 Å². The number of carbonyl (C=O) groups is 3. The minimum absolute atomic E-state index is 0.0775. The van der Waals surface area contributed by atoms with Crippen molar-refractivity contribution in [3.63, 3.8) is 0 Å². The number of fused-ring (bicyclic) bond motifs is 1. The first kappa shape index (κ1) is 20.5. The van der Waals surface area contributed by atoms with Gasteiger partial charge < -0.3 is 25.2 Å². The minimum atomic E-state index is -1.01. The quantitative estimate of drug-likeness (QED) is 0.567. The van der Waals surface area contributed by atoms with E-state index in [-0.39, 0.29) is 30.4 Å². The van der Waals surface area contributed by atoms with Crippen LogP contribution >= 0.6 is 11.8 Å². The van der Waals surface area contributed by atoms with Crippen LogP contribution in [0.2, 0.25) is 0 Å². The zero-order chi connectivity index (χ0) is 20.6. The number of carbonyl (C=O) groups excluding carboxylic acids is 2. The Labute approximate surface area is 171 Å². The first-order valence-corrected chi connectivity index (χ1v) is 9.92. The molecule has 9 heteroatoms. The Kier molecular flexibility index (Phi) is 6.96. The Morgan fingerprint density at radius 1 is 0.862 bits per heavy atom. The number of aliphatic carboxylic acids is 1. The Morgan fingerprint density at radius 3 is 2.24 bits per heavy atom. The maximum atomic E-state index is 12.2. The van der Waals surface area contributed by atoms with Gasteiger partial charge in [0, 0.05) is 28.8 Å². The molecule has 29 heavy (non-hydrogen) atoms. The van der Waals surface area contributed by atoms with Crippen LogP contribution in [0, 0.1) is 0 Å². The van der Waals surface area contributed by atoms with E-state index in [1.807, 2.05) is 0 Å². The molecule has 0 saturated heterocycles. The number of hydrogen-bond acceptors (Lipinski definition) is 6. The lowest BCUT2D eigenvalue weighted by molar-refractivity contribution is -0.138. The number of rotatable bonds is 8. The number of nitrogens with one attached hydrogen (secondary N) is 2. The maximum Gasteiger partial charge on any atom is 0.303 e. The SMILES string of the molecule is O=C(O)CCC(=O)Nc1ccc(SCC(=O)Nc2ccc3c(c2)OCCO3)cc1. The fraction of sp³-hybridized carbons (Fsp3) is 0.250. The second kappa shape index (κ2) is 9.83. The summed E-state index contributed by atoms with van der Waals surface area (Å²) in [6, 6.07) is 12.3. The smallest absolute Gasteiger partial charge is 0.303 e. The monoisotopic (exact) mass is 416 g/mol. The van der Waals surface area contributed by atoms with Gasteiger partial charge in [0.25, 0.3) is 0 Å². The molecule has 0 aromatic heterocycles. The molecule has 0 saturated carbocycles. The molecule has 1 aliphatic heterocycles. The van der Waals surface area contributed by atoms with E-state index in [0.717, 1.165) is 4.90 Å². The molecule has 0 bridgehead atoms. The van der Waals surface area contributed by atoms with Crippen molar-refractivity contribution in [1.82, 2.24) is 0 Å². The van der Waals surface area contributed by atoms with Crippen LogP contribution in [0.25, 0.3) is 0 Å². The molecule has 0 radical (unpaired) electrons. The van der Waals surface area contributed by atoms with Crippen LogP contribution in [0.1, 0.15) is 12.8 Å². The predicted molar refractivity (Wildman–Crippen MR) is 109 cm³/mol. The van der Waals surface area contributed by atoms with E-state index in [2.05, 4.69) is 10.6 Å². The fourth-order valence-electron chi connectivity index (χ4n) is 2.55. The van der Waals surface area contributed by atoms with Gasteiger partial charge in [-0.2, -0.15) is 0 Å². The van der Waals surface area contributed by atoms with Crippen LogP contribution in [0.3, 0.4) is 0 Å². The summed E-state index contributed by atoms with van der Waals surface area (Å²) in [5.41, 5.74) is 1.21. The maximum absolute atomic E-state index is 12.2. The number of amides is 2. The number of thioether (sulfide) groups is 1. The summed E-state index contributed by atoms with van der Waals surface area (Å²) in [6.07, 6.45) is -0.288. The van der Waals surface area contributed by atoms with Crippen molar-refractivity contribution in [1.29, 1.82) is 0 Å². The highest BCUT2D eigenvalue weighted by atomic mass is 32.2. The number of carboxylic acids is 1. The third-order valence-corrected chi connectivity index (χ3v) is 4.91. The van der Waals surface area contributed by atoms with Gasteiger partial charge >= 0.3 is 5.97 Å². The van der Waals surface area contributed by atoms with Gasteiger partial charge in [0.15, 0.2) is 11.5 Å². The molecule has 1 heterocycles. The van der Waals surface area contributed by atoms with Crippen molar-refractivity contribution in [2.24, 2.45) is 0 Å². The summed E-state index contributed by atoms with van der Waals surface area (Å²) in [4.78, 5) is 35.2. The molecule has 0 atom stereocenters. The summed E-state index contributed by atoms with van der Waals surface area (Å²) < 4.78 is 11.0. The van der Waals surface area contributed by atoms with Crippen LogP contribution in [0.4, 0.5) is 11.4 Å². The van der Waals surface area contributed by atoms with Gasteiger partial charge in [0.05, 0.1) is 12.2 Å². The first-order valence-electron chi connectivity index (χ1n) is 8.93. The molecule has 2 aromatic rings. The van der Waals surface area contributed by atoms with E-state index >= 15 is 0 Å². The largest absolute Gasteiger partial charge is 0.486 e. The Morgan fingerprint density at radius 2 is 1.52 bits per heavy atom. The van der Waals surface area contributed by atoms with Gasteiger partial charge in [-0.3, -0.25) is 14.4 Å². The summed E-state index contributed by atoms with van der Waals surface area (Å²) in [7, 11) is 0. The number of carboxylic acid groups (broad SMARTS) is 1. The van der Waals surface area contributed by atoms with Crippen molar-refractivity contribution in [2.45, 2.75) is 17.7 Å². The fourth-order valence-corrected chi connectivity index (χ4v) is 3.24. The third-order valence-electron chi connectivity index (χ3n) is 3.90. The molecule has 2 aromatic carbocycles. The topological polar surface area (TPSA) is 114 Å². The molecular weight excluding hydrogens is 396 g/mol. The highest BCUT2D eigenvalue weighted by molar-refractivity contribution is 8.00. The standard InChI is InChI=1S/C20H20N2O6S/c23-18(7-8-20(25)26)21-13-1-4-15(5-2-13)29-12-19(24)22-14-3-6-16-17(11-14)28-10-9-27-16/h1-6,11H,7-10,12H2,(H,21,23)(H,22,24)(H,25,26). The molecular formula is C20H20N2O6S. The lowest BCUT2D eigenvalue weighted by Crippen LogP contribution is -2.17. The highest BCUT2D eigenvalue weighted by Gasteiger charge is 2.13. The van der Waals surface area contributed by atoms with Gasteiger partial charge in [0.2, 0.25) is 11.8 Å². The summed E-state index contributed by atoms with van der Waals surface area (Å²) in [5.74, 6) is -0.0223. The predicted octanol–water partition coefficient (Wildman–Crippen LogP) is 2.99. The van der Waals surface area contributed by atoms with E-state index in [1.165, 1.54) is 11.8 Å². The number of benzene rings is 2. The van der Waals surface area contributed by atoms with Crippen LogP contribution in [-0.2, 0) is 14.4 Å². The lowest BCUT2D eigenvalue weighted by atomic mass is 10.2. The van der Waals surface area contributed by atoms with E-state index in [0.29, 0.717) is 36.1 Å².